The van der Waals surface area contributed by atoms with Crippen LogP contribution >= 0.6 is 23.2 Å². The van der Waals surface area contributed by atoms with Crippen molar-refractivity contribution >= 4 is 29.1 Å². The first-order chi connectivity index (χ1) is 13.6. The average Bonchev–Trinajstić information content (AvgIpc) is 3.37. The number of amides is 1. The third kappa shape index (κ3) is 3.68. The van der Waals surface area contributed by atoms with Gasteiger partial charge in [-0.15, -0.1) is 0 Å². The summed E-state index contributed by atoms with van der Waals surface area (Å²) >= 11 is 12.5. The van der Waals surface area contributed by atoms with Crippen molar-refractivity contribution in [3.63, 3.8) is 0 Å². The maximum atomic E-state index is 12.9. The highest BCUT2D eigenvalue weighted by atomic mass is 35.5. The second-order valence-corrected chi connectivity index (χ2v) is 8.75. The minimum Gasteiger partial charge on any atom is -0.350 e. The summed E-state index contributed by atoms with van der Waals surface area (Å²) in [6.07, 6.45) is 5.90. The third-order valence-corrected chi connectivity index (χ3v) is 7.06. The molecule has 1 aliphatic carbocycles. The molecule has 0 aromatic heterocycles. The monoisotopic (exact) mass is 416 g/mol. The number of rotatable bonds is 5. The van der Waals surface area contributed by atoms with E-state index < -0.39 is 0 Å². The Hall–Kier alpha value is -1.55. The standard InChI is InChI=1S/C23H26Cl2N2O/c24-19-11-6-12-20(25)21(19)22(28)26-16-23(27-14-4-5-15-27)13-7-10-18(23)17-8-2-1-3-9-17/h1-3,6,8-9,11-12,18H,4-5,7,10,13-16H2,(H,26,28). The van der Waals surface area contributed by atoms with Gasteiger partial charge in [0.05, 0.1) is 15.6 Å². The Balaban J connectivity index is 1.61. The van der Waals surface area contributed by atoms with Gasteiger partial charge in [-0.2, -0.15) is 0 Å². The summed E-state index contributed by atoms with van der Waals surface area (Å²) in [7, 11) is 0. The van der Waals surface area contributed by atoms with Gasteiger partial charge in [0.2, 0.25) is 0 Å². The molecular formula is C23H26Cl2N2O. The van der Waals surface area contributed by atoms with Crippen LogP contribution < -0.4 is 5.32 Å². The smallest absolute Gasteiger partial charge is 0.254 e. The number of halogens is 2. The highest BCUT2D eigenvalue weighted by Crippen LogP contribution is 2.47. The molecule has 2 aliphatic rings. The number of nitrogens with zero attached hydrogens (tertiary/aromatic N) is 1. The molecule has 1 N–H and O–H groups in total. The molecule has 2 aromatic rings. The van der Waals surface area contributed by atoms with Gasteiger partial charge >= 0.3 is 0 Å². The summed E-state index contributed by atoms with van der Waals surface area (Å²) in [5, 5.41) is 3.98. The summed E-state index contributed by atoms with van der Waals surface area (Å²) in [5.74, 6) is 0.238. The van der Waals surface area contributed by atoms with Crippen LogP contribution in [0, 0.1) is 0 Å². The van der Waals surface area contributed by atoms with Crippen molar-refractivity contribution in [2.45, 2.75) is 43.6 Å². The van der Waals surface area contributed by atoms with E-state index in [2.05, 4.69) is 40.5 Å². The molecule has 28 heavy (non-hydrogen) atoms. The summed E-state index contributed by atoms with van der Waals surface area (Å²) in [4.78, 5) is 15.6. The fourth-order valence-corrected chi connectivity index (χ4v) is 5.69. The highest BCUT2D eigenvalue weighted by Gasteiger charge is 2.48. The fourth-order valence-electron chi connectivity index (χ4n) is 5.12. The summed E-state index contributed by atoms with van der Waals surface area (Å²) in [6.45, 7) is 2.82. The molecule has 1 saturated heterocycles. The van der Waals surface area contributed by atoms with E-state index in [0.717, 1.165) is 25.9 Å². The highest BCUT2D eigenvalue weighted by molar-refractivity contribution is 6.39. The zero-order valence-corrected chi connectivity index (χ0v) is 17.5. The lowest BCUT2D eigenvalue weighted by Gasteiger charge is -2.44. The summed E-state index contributed by atoms with van der Waals surface area (Å²) in [6, 6.07) is 15.9. The first-order valence-corrected chi connectivity index (χ1v) is 10.9. The fraction of sp³-hybridized carbons (Fsp3) is 0.435. The number of carbonyl (C=O) groups excluding carboxylic acids is 1. The topological polar surface area (TPSA) is 32.3 Å². The third-order valence-electron chi connectivity index (χ3n) is 6.43. The molecule has 4 rings (SSSR count). The number of hydrogen-bond acceptors (Lipinski definition) is 2. The van der Waals surface area contributed by atoms with Gasteiger partial charge in [-0.1, -0.05) is 66.0 Å². The van der Waals surface area contributed by atoms with E-state index in [1.165, 1.54) is 24.8 Å². The molecule has 1 heterocycles. The summed E-state index contributed by atoms with van der Waals surface area (Å²) < 4.78 is 0. The lowest BCUT2D eigenvalue weighted by molar-refractivity contribution is 0.0810. The van der Waals surface area contributed by atoms with E-state index in [4.69, 9.17) is 23.2 Å². The lowest BCUT2D eigenvalue weighted by atomic mass is 9.80. The van der Waals surface area contributed by atoms with Gasteiger partial charge in [0, 0.05) is 18.0 Å². The minimum atomic E-state index is -0.187. The Labute approximate surface area is 177 Å². The van der Waals surface area contributed by atoms with Crippen LogP contribution in [0.2, 0.25) is 10.0 Å². The molecule has 2 fully saturated rings. The van der Waals surface area contributed by atoms with Crippen molar-refractivity contribution in [1.29, 1.82) is 0 Å². The van der Waals surface area contributed by atoms with Crippen molar-refractivity contribution in [1.82, 2.24) is 10.2 Å². The maximum Gasteiger partial charge on any atom is 0.254 e. The van der Waals surface area contributed by atoms with Crippen molar-refractivity contribution in [2.75, 3.05) is 19.6 Å². The molecule has 148 valence electrons. The van der Waals surface area contributed by atoms with Crippen molar-refractivity contribution < 1.29 is 4.79 Å². The average molecular weight is 417 g/mol. The quantitative estimate of drug-likeness (QED) is 0.694. The number of hydrogen-bond donors (Lipinski definition) is 1. The molecule has 2 aromatic carbocycles. The van der Waals surface area contributed by atoms with Crippen LogP contribution in [0.1, 0.15) is 53.9 Å². The van der Waals surface area contributed by atoms with Gasteiger partial charge in [-0.3, -0.25) is 9.69 Å². The van der Waals surface area contributed by atoms with Gasteiger partial charge in [0.25, 0.3) is 5.91 Å². The van der Waals surface area contributed by atoms with E-state index in [-0.39, 0.29) is 11.4 Å². The molecule has 3 nitrogen and oxygen atoms in total. The van der Waals surface area contributed by atoms with E-state index >= 15 is 0 Å². The molecule has 0 spiro atoms. The van der Waals surface area contributed by atoms with Gasteiger partial charge in [-0.25, -0.2) is 0 Å². The number of likely N-dealkylation sites (tertiary alicyclic amines) is 1. The largest absolute Gasteiger partial charge is 0.350 e. The maximum absolute atomic E-state index is 12.9. The van der Waals surface area contributed by atoms with Crippen LogP contribution in [0.25, 0.3) is 0 Å². The molecular weight excluding hydrogens is 391 g/mol. The van der Waals surface area contributed by atoms with Crippen LogP contribution in [-0.4, -0.2) is 36.0 Å². The Morgan fingerprint density at radius 3 is 2.36 bits per heavy atom. The van der Waals surface area contributed by atoms with E-state index in [1.807, 2.05) is 0 Å². The Morgan fingerprint density at radius 2 is 1.68 bits per heavy atom. The molecule has 5 heteroatoms. The van der Waals surface area contributed by atoms with Gasteiger partial charge < -0.3 is 5.32 Å². The summed E-state index contributed by atoms with van der Waals surface area (Å²) in [5.41, 5.74) is 1.70. The van der Waals surface area contributed by atoms with Crippen LogP contribution in [0.5, 0.6) is 0 Å². The zero-order chi connectivity index (χ0) is 19.6. The second kappa shape index (κ2) is 8.44. The Bertz CT molecular complexity index is 816. The van der Waals surface area contributed by atoms with E-state index in [1.54, 1.807) is 18.2 Å². The molecule has 0 bridgehead atoms. The number of carbonyl (C=O) groups is 1. The van der Waals surface area contributed by atoms with Crippen molar-refractivity contribution in [3.05, 3.63) is 69.7 Å². The molecule has 2 unspecified atom stereocenters. The lowest BCUT2D eigenvalue weighted by Crippen LogP contribution is -2.56. The molecule has 1 aliphatic heterocycles. The van der Waals surface area contributed by atoms with Crippen LogP contribution in [0.3, 0.4) is 0 Å². The zero-order valence-electron chi connectivity index (χ0n) is 16.0. The van der Waals surface area contributed by atoms with Crippen LogP contribution in [0.15, 0.2) is 48.5 Å². The van der Waals surface area contributed by atoms with Crippen LogP contribution in [0.4, 0.5) is 0 Å². The second-order valence-electron chi connectivity index (χ2n) is 7.93. The molecule has 0 radical (unpaired) electrons. The van der Waals surface area contributed by atoms with Crippen LogP contribution in [-0.2, 0) is 0 Å². The van der Waals surface area contributed by atoms with E-state index in [0.29, 0.717) is 28.1 Å². The SMILES string of the molecule is O=C(NCC1(N2CCCC2)CCCC1c1ccccc1)c1c(Cl)cccc1Cl. The predicted molar refractivity (Wildman–Crippen MR) is 115 cm³/mol. The predicted octanol–water partition coefficient (Wildman–Crippen LogP) is 5.53. The minimum absolute atomic E-state index is 0.0404. The normalized spacial score (nSPS) is 25.1. The molecule has 1 saturated carbocycles. The number of nitrogens with one attached hydrogen (secondary N) is 1. The Kier molecular flexibility index (Phi) is 5.96. The van der Waals surface area contributed by atoms with E-state index in [9.17, 15) is 4.79 Å². The van der Waals surface area contributed by atoms with Gasteiger partial charge in [-0.05, 0) is 56.5 Å². The first-order valence-electron chi connectivity index (χ1n) is 10.1. The molecule has 2 atom stereocenters. The molecule has 1 amide bonds. The number of benzene rings is 2. The van der Waals surface area contributed by atoms with Crippen molar-refractivity contribution in [2.24, 2.45) is 0 Å². The van der Waals surface area contributed by atoms with Gasteiger partial charge in [0.15, 0.2) is 0 Å². The Morgan fingerprint density at radius 1 is 1.00 bits per heavy atom. The first kappa shape index (κ1) is 19.8. The van der Waals surface area contributed by atoms with Crippen molar-refractivity contribution in [3.8, 4) is 0 Å². The van der Waals surface area contributed by atoms with Gasteiger partial charge in [0.1, 0.15) is 0 Å².